The van der Waals surface area contributed by atoms with Gasteiger partial charge in [0, 0.05) is 7.05 Å². The van der Waals surface area contributed by atoms with Crippen molar-refractivity contribution in [3.8, 4) is 11.5 Å². The Hall–Kier alpha value is -2.94. The molecule has 1 heterocycles. The highest BCUT2D eigenvalue weighted by Crippen LogP contribution is 2.30. The highest BCUT2D eigenvalue weighted by Gasteiger charge is 2.30. The molecule has 9 heteroatoms. The number of aliphatic carboxylic acids is 1. The second kappa shape index (κ2) is 7.31. The number of carboxylic acids is 1. The first kappa shape index (κ1) is 18.4. The summed E-state index contributed by atoms with van der Waals surface area (Å²) in [5.41, 5.74) is 0.428. The van der Waals surface area contributed by atoms with Crippen LogP contribution in [-0.4, -0.2) is 53.2 Å². The van der Waals surface area contributed by atoms with Gasteiger partial charge in [-0.05, 0) is 42.9 Å². The number of nitrogens with one attached hydrogen (secondary N) is 1. The number of ether oxygens (including phenoxy) is 2. The summed E-state index contributed by atoms with van der Waals surface area (Å²) in [5.74, 6) is -1.72. The third kappa shape index (κ3) is 3.94. The van der Waals surface area contributed by atoms with Crippen molar-refractivity contribution < 1.29 is 29.0 Å². The molecule has 0 aromatic heterocycles. The molecule has 1 fully saturated rings. The molecule has 1 aliphatic rings. The molecule has 25 heavy (non-hydrogen) atoms. The summed E-state index contributed by atoms with van der Waals surface area (Å²) >= 11 is 4.88. The summed E-state index contributed by atoms with van der Waals surface area (Å²) in [4.78, 5) is 36.2. The summed E-state index contributed by atoms with van der Waals surface area (Å²) < 4.78 is 10.5. The van der Waals surface area contributed by atoms with Gasteiger partial charge in [0.15, 0.2) is 22.7 Å². The molecule has 132 valence electrons. The van der Waals surface area contributed by atoms with Crippen molar-refractivity contribution in [3.05, 3.63) is 29.3 Å². The maximum atomic E-state index is 12.2. The zero-order valence-corrected chi connectivity index (χ0v) is 14.5. The third-order valence-corrected chi connectivity index (χ3v) is 3.83. The van der Waals surface area contributed by atoms with Crippen LogP contribution >= 0.6 is 12.2 Å². The molecule has 1 aromatic carbocycles. The SMILES string of the molecule is COc1cc(/C=C2\C(=O)NC(=S)N(C)C2=O)ccc1OC(C)C(=O)O. The van der Waals surface area contributed by atoms with Crippen molar-refractivity contribution in [3.63, 3.8) is 0 Å². The molecule has 1 atom stereocenters. The van der Waals surface area contributed by atoms with E-state index in [1.165, 1.54) is 39.3 Å². The summed E-state index contributed by atoms with van der Waals surface area (Å²) in [5, 5.41) is 11.4. The topological polar surface area (TPSA) is 105 Å². The van der Waals surface area contributed by atoms with E-state index in [2.05, 4.69) is 5.32 Å². The van der Waals surface area contributed by atoms with Crippen molar-refractivity contribution in [2.24, 2.45) is 0 Å². The molecule has 2 rings (SSSR count). The van der Waals surface area contributed by atoms with Crippen LogP contribution in [0.2, 0.25) is 0 Å². The standard InChI is InChI=1S/C16H16N2O6S/c1-8(15(21)22)24-11-5-4-9(7-12(11)23-3)6-10-13(19)17-16(25)18(2)14(10)20/h4-8H,1-3H3,(H,21,22)(H,17,19,25)/b10-6+. The normalized spacial score (nSPS) is 17.3. The molecule has 0 aliphatic carbocycles. The maximum absolute atomic E-state index is 12.2. The second-order valence-electron chi connectivity index (χ2n) is 5.19. The molecular formula is C16H16N2O6S. The van der Waals surface area contributed by atoms with Gasteiger partial charge in [0.05, 0.1) is 7.11 Å². The molecule has 0 bridgehead atoms. The van der Waals surface area contributed by atoms with Crippen LogP contribution < -0.4 is 14.8 Å². The average molecular weight is 364 g/mol. The van der Waals surface area contributed by atoms with E-state index in [0.717, 1.165) is 4.90 Å². The summed E-state index contributed by atoms with van der Waals surface area (Å²) in [6, 6.07) is 4.61. The van der Waals surface area contributed by atoms with E-state index < -0.39 is 23.9 Å². The Morgan fingerprint density at radius 1 is 1.36 bits per heavy atom. The smallest absolute Gasteiger partial charge is 0.344 e. The monoisotopic (exact) mass is 364 g/mol. The minimum Gasteiger partial charge on any atom is -0.493 e. The van der Waals surface area contributed by atoms with Crippen LogP contribution in [0.15, 0.2) is 23.8 Å². The minimum absolute atomic E-state index is 0.0381. The number of carboxylic acid groups (broad SMARTS) is 1. The van der Waals surface area contributed by atoms with E-state index in [4.69, 9.17) is 26.8 Å². The third-order valence-electron chi connectivity index (χ3n) is 3.45. The summed E-state index contributed by atoms with van der Waals surface area (Å²) in [6.07, 6.45) is 0.335. The van der Waals surface area contributed by atoms with Gasteiger partial charge in [-0.3, -0.25) is 19.8 Å². The second-order valence-corrected chi connectivity index (χ2v) is 5.58. The van der Waals surface area contributed by atoms with E-state index in [1.807, 2.05) is 0 Å². The predicted octanol–water partition coefficient (Wildman–Crippen LogP) is 0.804. The number of benzene rings is 1. The van der Waals surface area contributed by atoms with Gasteiger partial charge >= 0.3 is 5.97 Å². The lowest BCUT2D eigenvalue weighted by Crippen LogP contribution is -2.52. The Balaban J connectivity index is 2.34. The van der Waals surface area contributed by atoms with Crippen LogP contribution in [0.3, 0.4) is 0 Å². The molecule has 1 saturated heterocycles. The number of hydrogen-bond donors (Lipinski definition) is 2. The number of carbonyl (C=O) groups excluding carboxylic acids is 2. The molecule has 2 N–H and O–H groups in total. The molecule has 1 aromatic rings. The van der Waals surface area contributed by atoms with Crippen LogP contribution in [0.5, 0.6) is 11.5 Å². The number of likely N-dealkylation sites (N-methyl/N-ethyl adjacent to an activating group) is 1. The Bertz CT molecular complexity index is 789. The van der Waals surface area contributed by atoms with Gasteiger partial charge in [0.1, 0.15) is 5.57 Å². The lowest BCUT2D eigenvalue weighted by molar-refractivity contribution is -0.144. The molecule has 0 saturated carbocycles. The average Bonchev–Trinajstić information content (AvgIpc) is 2.57. The van der Waals surface area contributed by atoms with Gasteiger partial charge in [0.25, 0.3) is 11.8 Å². The van der Waals surface area contributed by atoms with E-state index in [9.17, 15) is 14.4 Å². The number of amides is 2. The van der Waals surface area contributed by atoms with Crippen LogP contribution in [-0.2, 0) is 14.4 Å². The Morgan fingerprint density at radius 2 is 2.04 bits per heavy atom. The van der Waals surface area contributed by atoms with E-state index >= 15 is 0 Å². The van der Waals surface area contributed by atoms with Gasteiger partial charge < -0.3 is 14.6 Å². The molecule has 8 nitrogen and oxygen atoms in total. The molecule has 0 radical (unpaired) electrons. The highest BCUT2D eigenvalue weighted by atomic mass is 32.1. The number of rotatable bonds is 5. The predicted molar refractivity (Wildman–Crippen MR) is 92.2 cm³/mol. The van der Waals surface area contributed by atoms with Gasteiger partial charge in [0.2, 0.25) is 0 Å². The van der Waals surface area contributed by atoms with Crippen LogP contribution in [0.4, 0.5) is 0 Å². The zero-order valence-electron chi connectivity index (χ0n) is 13.7. The molecule has 1 unspecified atom stereocenters. The fourth-order valence-electron chi connectivity index (χ4n) is 2.02. The van der Waals surface area contributed by atoms with Crippen LogP contribution in [0, 0.1) is 0 Å². The van der Waals surface area contributed by atoms with Crippen molar-refractivity contribution in [2.75, 3.05) is 14.2 Å². The zero-order chi connectivity index (χ0) is 18.7. The van der Waals surface area contributed by atoms with Crippen molar-refractivity contribution >= 4 is 41.2 Å². The number of carbonyl (C=O) groups is 3. The number of hydrogen-bond acceptors (Lipinski definition) is 6. The number of nitrogens with zero attached hydrogens (tertiary/aromatic N) is 1. The molecule has 1 aliphatic heterocycles. The van der Waals surface area contributed by atoms with Crippen LogP contribution in [0.1, 0.15) is 12.5 Å². The summed E-state index contributed by atoms with van der Waals surface area (Å²) in [7, 11) is 2.86. The lowest BCUT2D eigenvalue weighted by Gasteiger charge is -2.25. The number of methoxy groups -OCH3 is 1. The van der Waals surface area contributed by atoms with Gasteiger partial charge in [-0.2, -0.15) is 0 Å². The molecule has 2 amide bonds. The first-order chi connectivity index (χ1) is 11.7. The summed E-state index contributed by atoms with van der Waals surface area (Å²) in [6.45, 7) is 1.39. The fraction of sp³-hybridized carbons (Fsp3) is 0.250. The number of thiocarbonyl (C=S) groups is 1. The highest BCUT2D eigenvalue weighted by molar-refractivity contribution is 7.80. The van der Waals surface area contributed by atoms with Crippen LogP contribution in [0.25, 0.3) is 6.08 Å². The first-order valence-electron chi connectivity index (χ1n) is 7.17. The Morgan fingerprint density at radius 3 is 2.64 bits per heavy atom. The van der Waals surface area contributed by atoms with E-state index in [1.54, 1.807) is 6.07 Å². The van der Waals surface area contributed by atoms with Crippen molar-refractivity contribution in [1.82, 2.24) is 10.2 Å². The largest absolute Gasteiger partial charge is 0.493 e. The maximum Gasteiger partial charge on any atom is 0.344 e. The first-order valence-corrected chi connectivity index (χ1v) is 7.58. The Kier molecular flexibility index (Phi) is 5.38. The van der Waals surface area contributed by atoms with E-state index in [-0.39, 0.29) is 22.2 Å². The van der Waals surface area contributed by atoms with Crippen molar-refractivity contribution in [2.45, 2.75) is 13.0 Å². The molecular weight excluding hydrogens is 348 g/mol. The fourth-order valence-corrected chi connectivity index (χ4v) is 2.20. The Labute approximate surface area is 149 Å². The van der Waals surface area contributed by atoms with Crippen molar-refractivity contribution in [1.29, 1.82) is 0 Å². The quantitative estimate of drug-likeness (QED) is 0.452. The van der Waals surface area contributed by atoms with E-state index in [0.29, 0.717) is 5.56 Å². The van der Waals surface area contributed by atoms with Gasteiger partial charge in [-0.25, -0.2) is 4.79 Å². The minimum atomic E-state index is -1.11. The molecule has 0 spiro atoms. The van der Waals surface area contributed by atoms with Gasteiger partial charge in [-0.1, -0.05) is 6.07 Å². The van der Waals surface area contributed by atoms with Gasteiger partial charge in [-0.15, -0.1) is 0 Å². The lowest BCUT2D eigenvalue weighted by atomic mass is 10.1.